The predicted molar refractivity (Wildman–Crippen MR) is 114 cm³/mol. The lowest BCUT2D eigenvalue weighted by Gasteiger charge is -2.27. The number of likely N-dealkylation sites (tertiary alicyclic amines) is 1. The van der Waals surface area contributed by atoms with Crippen molar-refractivity contribution in [3.63, 3.8) is 0 Å². The highest BCUT2D eigenvalue weighted by Crippen LogP contribution is 2.33. The highest BCUT2D eigenvalue weighted by molar-refractivity contribution is 8.18. The van der Waals surface area contributed by atoms with Crippen molar-refractivity contribution < 1.29 is 17.4 Å². The van der Waals surface area contributed by atoms with E-state index >= 15 is 0 Å². The lowest BCUT2D eigenvalue weighted by Crippen LogP contribution is -2.33. The van der Waals surface area contributed by atoms with E-state index in [9.17, 15) is 13.2 Å². The Balaban J connectivity index is 1.57. The van der Waals surface area contributed by atoms with Crippen LogP contribution in [0.1, 0.15) is 24.8 Å². The van der Waals surface area contributed by atoms with Gasteiger partial charge in [0.05, 0.1) is 4.91 Å². The average molecular weight is 429 g/mol. The smallest absolute Gasteiger partial charge is 0.339 e. The minimum atomic E-state index is -3.97. The molecule has 1 fully saturated rings. The van der Waals surface area contributed by atoms with E-state index in [2.05, 4.69) is 9.89 Å². The van der Waals surface area contributed by atoms with Gasteiger partial charge in [0, 0.05) is 18.7 Å². The molecular weight excluding hydrogens is 408 g/mol. The Labute approximate surface area is 174 Å². The van der Waals surface area contributed by atoms with Gasteiger partial charge in [0.25, 0.3) is 5.91 Å². The maximum absolute atomic E-state index is 12.6. The second-order valence-electron chi connectivity index (χ2n) is 6.75. The third-order valence-electron chi connectivity index (χ3n) is 4.67. The molecule has 0 bridgehead atoms. The van der Waals surface area contributed by atoms with E-state index < -0.39 is 10.1 Å². The number of amides is 1. The van der Waals surface area contributed by atoms with Crippen molar-refractivity contribution >= 4 is 39.0 Å². The van der Waals surface area contributed by atoms with Gasteiger partial charge in [-0.05, 0) is 55.3 Å². The third-order valence-corrected chi connectivity index (χ3v) is 6.97. The Morgan fingerprint density at radius 3 is 2.41 bits per heavy atom. The van der Waals surface area contributed by atoms with Crippen LogP contribution in [-0.2, 0) is 14.9 Å². The van der Waals surface area contributed by atoms with Crippen molar-refractivity contribution in [2.24, 2.45) is 4.99 Å². The summed E-state index contributed by atoms with van der Waals surface area (Å²) in [5.41, 5.74) is 0.512. The Morgan fingerprint density at radius 2 is 1.66 bits per heavy atom. The van der Waals surface area contributed by atoms with Gasteiger partial charge in [-0.1, -0.05) is 36.4 Å². The molecule has 1 saturated heterocycles. The zero-order valence-corrected chi connectivity index (χ0v) is 17.3. The Kier molecular flexibility index (Phi) is 5.73. The van der Waals surface area contributed by atoms with Crippen LogP contribution in [-0.4, -0.2) is 37.5 Å². The Bertz CT molecular complexity index is 1070. The monoisotopic (exact) mass is 428 g/mol. The van der Waals surface area contributed by atoms with Gasteiger partial charge in [-0.2, -0.15) is 13.4 Å². The molecule has 1 amide bonds. The SMILES string of the molecule is O=C1N=C(N2CCCCC2)SC1=Cc1ccccc1OS(=O)(=O)c1ccccc1. The first-order valence-corrected chi connectivity index (χ1v) is 11.6. The molecule has 0 spiro atoms. The standard InChI is InChI=1S/C21H20N2O4S2/c24-20-19(28-21(22-20)23-13-7-2-8-14-23)15-16-9-5-6-12-18(16)27-29(25,26)17-10-3-1-4-11-17/h1,3-6,9-12,15H,2,7-8,13-14H2. The average Bonchev–Trinajstić information content (AvgIpc) is 3.11. The molecular formula is C21H20N2O4S2. The van der Waals surface area contributed by atoms with Crippen molar-refractivity contribution in [3.8, 4) is 5.75 Å². The molecule has 8 heteroatoms. The molecule has 150 valence electrons. The van der Waals surface area contributed by atoms with Crippen LogP contribution in [0.25, 0.3) is 6.08 Å². The van der Waals surface area contributed by atoms with Crippen LogP contribution in [0.15, 0.2) is 69.4 Å². The van der Waals surface area contributed by atoms with E-state index in [0.29, 0.717) is 10.5 Å². The molecule has 0 saturated carbocycles. The summed E-state index contributed by atoms with van der Waals surface area (Å²) in [6, 6.07) is 14.7. The second kappa shape index (κ2) is 8.42. The van der Waals surface area contributed by atoms with Gasteiger partial charge < -0.3 is 9.08 Å². The molecule has 0 radical (unpaired) electrons. The summed E-state index contributed by atoms with van der Waals surface area (Å²) in [6.45, 7) is 1.81. The number of hydrogen-bond donors (Lipinski definition) is 0. The lowest BCUT2D eigenvalue weighted by molar-refractivity contribution is -0.113. The predicted octanol–water partition coefficient (Wildman–Crippen LogP) is 3.91. The lowest BCUT2D eigenvalue weighted by atomic mass is 10.1. The fourth-order valence-electron chi connectivity index (χ4n) is 3.19. The number of piperidine rings is 1. The number of thioether (sulfide) groups is 1. The van der Waals surface area contributed by atoms with Crippen molar-refractivity contribution in [2.45, 2.75) is 24.2 Å². The van der Waals surface area contributed by atoms with E-state index in [1.165, 1.54) is 30.3 Å². The highest BCUT2D eigenvalue weighted by Gasteiger charge is 2.27. The normalized spacial score (nSPS) is 18.8. The number of aliphatic imine (C=N–C) groups is 1. The van der Waals surface area contributed by atoms with Crippen LogP contribution in [0.2, 0.25) is 0 Å². The minimum absolute atomic E-state index is 0.0736. The Morgan fingerprint density at radius 1 is 0.966 bits per heavy atom. The molecule has 0 aliphatic carbocycles. The fourth-order valence-corrected chi connectivity index (χ4v) is 5.12. The van der Waals surface area contributed by atoms with E-state index in [1.807, 2.05) is 0 Å². The van der Waals surface area contributed by atoms with Gasteiger partial charge in [0.2, 0.25) is 0 Å². The number of nitrogens with zero attached hydrogens (tertiary/aromatic N) is 2. The van der Waals surface area contributed by atoms with Crippen LogP contribution >= 0.6 is 11.8 Å². The largest absolute Gasteiger partial charge is 0.378 e. The summed E-state index contributed by atoms with van der Waals surface area (Å²) in [4.78, 5) is 19.2. The third kappa shape index (κ3) is 4.54. The van der Waals surface area contributed by atoms with Crippen molar-refractivity contribution in [1.82, 2.24) is 4.90 Å². The fraction of sp³-hybridized carbons (Fsp3) is 0.238. The van der Waals surface area contributed by atoms with Crippen LogP contribution in [0.3, 0.4) is 0 Å². The molecule has 2 aliphatic heterocycles. The zero-order valence-electron chi connectivity index (χ0n) is 15.7. The zero-order chi connectivity index (χ0) is 20.3. The molecule has 0 unspecified atom stereocenters. The number of para-hydroxylation sites is 1. The summed E-state index contributed by atoms with van der Waals surface area (Å²) >= 11 is 1.33. The summed E-state index contributed by atoms with van der Waals surface area (Å²) in [5, 5.41) is 0.719. The molecule has 2 aromatic carbocycles. The van der Waals surface area contributed by atoms with Crippen LogP contribution in [0.5, 0.6) is 5.75 Å². The maximum Gasteiger partial charge on any atom is 0.339 e. The number of rotatable bonds is 4. The molecule has 29 heavy (non-hydrogen) atoms. The van der Waals surface area contributed by atoms with Crippen molar-refractivity contribution in [1.29, 1.82) is 0 Å². The van der Waals surface area contributed by atoms with E-state index in [0.717, 1.165) is 31.1 Å². The molecule has 0 aromatic heterocycles. The molecule has 0 N–H and O–H groups in total. The van der Waals surface area contributed by atoms with Gasteiger partial charge in [-0.3, -0.25) is 4.79 Å². The second-order valence-corrected chi connectivity index (χ2v) is 9.30. The number of carbonyl (C=O) groups excluding carboxylic acids is 1. The number of benzene rings is 2. The first kappa shape index (κ1) is 19.7. The number of hydrogen-bond acceptors (Lipinski definition) is 6. The minimum Gasteiger partial charge on any atom is -0.378 e. The molecule has 4 rings (SSSR count). The summed E-state index contributed by atoms with van der Waals surface area (Å²) in [6.07, 6.45) is 5.04. The van der Waals surface area contributed by atoms with Gasteiger partial charge in [-0.15, -0.1) is 0 Å². The molecule has 0 atom stereocenters. The van der Waals surface area contributed by atoms with E-state index in [4.69, 9.17) is 4.18 Å². The molecule has 2 aliphatic rings. The van der Waals surface area contributed by atoms with E-state index in [-0.39, 0.29) is 16.6 Å². The van der Waals surface area contributed by atoms with Crippen LogP contribution < -0.4 is 4.18 Å². The molecule has 2 heterocycles. The van der Waals surface area contributed by atoms with Crippen LogP contribution in [0.4, 0.5) is 0 Å². The topological polar surface area (TPSA) is 76.0 Å². The van der Waals surface area contributed by atoms with Gasteiger partial charge in [0.1, 0.15) is 10.6 Å². The van der Waals surface area contributed by atoms with Crippen LogP contribution in [0, 0.1) is 0 Å². The number of carbonyl (C=O) groups is 1. The Hall–Kier alpha value is -2.58. The highest BCUT2D eigenvalue weighted by atomic mass is 32.2. The first-order valence-electron chi connectivity index (χ1n) is 9.39. The van der Waals surface area contributed by atoms with E-state index in [1.54, 1.807) is 48.5 Å². The quantitative estimate of drug-likeness (QED) is 0.543. The van der Waals surface area contributed by atoms with Gasteiger partial charge in [-0.25, -0.2) is 0 Å². The molecule has 6 nitrogen and oxygen atoms in total. The molecule has 2 aromatic rings. The van der Waals surface area contributed by atoms with Crippen molar-refractivity contribution in [2.75, 3.05) is 13.1 Å². The van der Waals surface area contributed by atoms with Gasteiger partial charge in [0.15, 0.2) is 5.17 Å². The summed E-state index contributed by atoms with van der Waals surface area (Å²) < 4.78 is 30.5. The number of amidine groups is 1. The summed E-state index contributed by atoms with van der Waals surface area (Å²) in [7, 11) is -3.97. The van der Waals surface area contributed by atoms with Gasteiger partial charge >= 0.3 is 10.1 Å². The summed E-state index contributed by atoms with van der Waals surface area (Å²) in [5.74, 6) is -0.139. The maximum atomic E-state index is 12.6. The first-order chi connectivity index (χ1) is 14.0. The van der Waals surface area contributed by atoms with Crippen molar-refractivity contribution in [3.05, 3.63) is 65.1 Å².